The lowest BCUT2D eigenvalue weighted by Gasteiger charge is -2.20. The Morgan fingerprint density at radius 1 is 1.03 bits per heavy atom. The van der Waals surface area contributed by atoms with E-state index >= 15 is 0 Å². The molecule has 0 bridgehead atoms. The van der Waals surface area contributed by atoms with Crippen molar-refractivity contribution in [3.05, 3.63) is 59.7 Å². The van der Waals surface area contributed by atoms with E-state index in [0.717, 1.165) is 16.0 Å². The quantitative estimate of drug-likeness (QED) is 0.774. The van der Waals surface area contributed by atoms with Crippen LogP contribution < -0.4 is 10.2 Å². The Hall–Kier alpha value is -3.55. The van der Waals surface area contributed by atoms with Gasteiger partial charge in [-0.05, 0) is 42.7 Å². The van der Waals surface area contributed by atoms with Crippen molar-refractivity contribution in [3.8, 4) is 0 Å². The van der Waals surface area contributed by atoms with Gasteiger partial charge in [-0.3, -0.25) is 19.4 Å². The number of carbonyl (C=O) groups excluding carboxylic acids is 3. The monoisotopic (exact) mass is 405 g/mol. The van der Waals surface area contributed by atoms with Crippen molar-refractivity contribution in [2.75, 3.05) is 16.8 Å². The molecule has 8 nitrogen and oxygen atoms in total. The van der Waals surface area contributed by atoms with Gasteiger partial charge in [0, 0.05) is 5.69 Å². The maximum atomic E-state index is 13.0. The number of amides is 3. The molecular weight excluding hydrogens is 382 g/mol. The molecule has 2 aliphatic rings. The highest BCUT2D eigenvalue weighted by Crippen LogP contribution is 2.32. The summed E-state index contributed by atoms with van der Waals surface area (Å²) in [6, 6.07) is 12.9. The number of rotatable bonds is 5. The van der Waals surface area contributed by atoms with Crippen molar-refractivity contribution >= 4 is 29.1 Å². The molecule has 1 N–H and O–H groups in total. The number of benzene rings is 2. The van der Waals surface area contributed by atoms with E-state index in [0.29, 0.717) is 17.3 Å². The van der Waals surface area contributed by atoms with E-state index in [1.165, 1.54) is 5.01 Å². The fraction of sp³-hybridized carbons (Fsp3) is 0.318. The maximum Gasteiger partial charge on any atom is 0.263 e. The summed E-state index contributed by atoms with van der Waals surface area (Å²) in [6.45, 7) is 5.94. The highest BCUT2D eigenvalue weighted by atomic mass is 16.2. The molecule has 1 fully saturated rings. The molecule has 0 saturated carbocycles. The number of fused-ring (bicyclic) bond motifs is 1. The molecule has 1 saturated heterocycles. The first kappa shape index (κ1) is 19.8. The third kappa shape index (κ3) is 3.56. The lowest BCUT2D eigenvalue weighted by Crippen LogP contribution is -2.43. The zero-order valence-corrected chi connectivity index (χ0v) is 17.1. The second kappa shape index (κ2) is 7.70. The molecular formula is C22H23N5O3. The zero-order valence-electron chi connectivity index (χ0n) is 17.1. The van der Waals surface area contributed by atoms with Gasteiger partial charge >= 0.3 is 0 Å². The van der Waals surface area contributed by atoms with E-state index in [1.807, 2.05) is 31.2 Å². The molecule has 3 amide bonds. The van der Waals surface area contributed by atoms with Crippen LogP contribution in [0.3, 0.4) is 0 Å². The minimum Gasteiger partial charge on any atom is -0.324 e. The Morgan fingerprint density at radius 3 is 2.33 bits per heavy atom. The summed E-state index contributed by atoms with van der Waals surface area (Å²) in [5.41, 5.74) is 3.36. The van der Waals surface area contributed by atoms with Gasteiger partial charge < -0.3 is 5.32 Å². The van der Waals surface area contributed by atoms with Crippen LogP contribution >= 0.6 is 0 Å². The highest BCUT2D eigenvalue weighted by molar-refractivity contribution is 6.25. The molecule has 2 heterocycles. The van der Waals surface area contributed by atoms with Gasteiger partial charge in [0.05, 0.1) is 5.69 Å². The second-order valence-electron chi connectivity index (χ2n) is 7.86. The van der Waals surface area contributed by atoms with E-state index in [2.05, 4.69) is 29.5 Å². The predicted molar refractivity (Wildman–Crippen MR) is 112 cm³/mol. The third-order valence-electron chi connectivity index (χ3n) is 5.32. The van der Waals surface area contributed by atoms with Crippen LogP contribution in [0, 0.1) is 6.92 Å². The first-order valence-corrected chi connectivity index (χ1v) is 9.87. The fourth-order valence-corrected chi connectivity index (χ4v) is 3.60. The molecule has 4 rings (SSSR count). The number of imide groups is 1. The van der Waals surface area contributed by atoms with Crippen LogP contribution in [0.25, 0.3) is 0 Å². The van der Waals surface area contributed by atoms with Crippen LogP contribution in [0.15, 0.2) is 58.9 Å². The number of hydrogen-bond acceptors (Lipinski definition) is 6. The molecule has 0 radical (unpaired) electrons. The summed E-state index contributed by atoms with van der Waals surface area (Å²) in [5.74, 6) is -0.832. The number of nitrogens with one attached hydrogen (secondary N) is 1. The van der Waals surface area contributed by atoms with Gasteiger partial charge in [0.1, 0.15) is 6.54 Å². The minimum atomic E-state index is -0.922. The molecule has 0 aliphatic carbocycles. The van der Waals surface area contributed by atoms with Gasteiger partial charge in [-0.25, -0.2) is 4.90 Å². The van der Waals surface area contributed by atoms with Crippen molar-refractivity contribution in [1.29, 1.82) is 0 Å². The Kier molecular flexibility index (Phi) is 5.07. The first-order valence-electron chi connectivity index (χ1n) is 9.87. The third-order valence-corrected chi connectivity index (χ3v) is 5.32. The SMILES string of the molecule is Cc1ccc(NC(=O)CN2N=N[C@H]3C(=O)N(c4ccc(C(C)C)cc4)C(=O)[C@@H]32)cc1. The molecule has 2 atom stereocenters. The van der Waals surface area contributed by atoms with Crippen LogP contribution in [0.5, 0.6) is 0 Å². The van der Waals surface area contributed by atoms with E-state index < -0.39 is 23.9 Å². The van der Waals surface area contributed by atoms with E-state index in [-0.39, 0.29) is 12.5 Å². The lowest BCUT2D eigenvalue weighted by atomic mass is 10.0. The van der Waals surface area contributed by atoms with E-state index in [9.17, 15) is 14.4 Å². The molecule has 2 aromatic carbocycles. The van der Waals surface area contributed by atoms with Crippen LogP contribution in [0.1, 0.15) is 30.9 Å². The summed E-state index contributed by atoms with van der Waals surface area (Å²) in [5, 5.41) is 11.9. The highest BCUT2D eigenvalue weighted by Gasteiger charge is 2.55. The van der Waals surface area contributed by atoms with Crippen LogP contribution in [0.4, 0.5) is 11.4 Å². The van der Waals surface area contributed by atoms with Gasteiger partial charge in [-0.15, -0.1) is 0 Å². The summed E-state index contributed by atoms with van der Waals surface area (Å²) >= 11 is 0. The Labute approximate surface area is 174 Å². The van der Waals surface area contributed by atoms with E-state index in [1.54, 1.807) is 24.3 Å². The zero-order chi connectivity index (χ0) is 21.4. The first-order chi connectivity index (χ1) is 14.3. The lowest BCUT2D eigenvalue weighted by molar-refractivity contribution is -0.123. The van der Waals surface area contributed by atoms with Crippen molar-refractivity contribution in [1.82, 2.24) is 5.01 Å². The van der Waals surface area contributed by atoms with Crippen molar-refractivity contribution in [2.24, 2.45) is 10.3 Å². The molecule has 8 heteroatoms. The Bertz CT molecular complexity index is 1010. The number of aryl methyl sites for hydroxylation is 1. The van der Waals surface area contributed by atoms with Gasteiger partial charge in [0.2, 0.25) is 5.91 Å². The second-order valence-corrected chi connectivity index (χ2v) is 7.86. The number of anilines is 2. The Balaban J connectivity index is 1.47. The van der Waals surface area contributed by atoms with Crippen LogP contribution in [-0.4, -0.2) is 41.4 Å². The number of hydrogen-bond donors (Lipinski definition) is 1. The minimum absolute atomic E-state index is 0.169. The summed E-state index contributed by atoms with van der Waals surface area (Å²) < 4.78 is 0. The normalized spacial score (nSPS) is 20.3. The maximum absolute atomic E-state index is 13.0. The molecule has 2 aromatic rings. The van der Waals surface area contributed by atoms with Gasteiger partial charge in [0.15, 0.2) is 12.1 Å². The molecule has 2 aliphatic heterocycles. The molecule has 154 valence electrons. The van der Waals surface area contributed by atoms with Gasteiger partial charge in [-0.2, -0.15) is 5.11 Å². The average Bonchev–Trinajstić information content (AvgIpc) is 3.23. The molecule has 30 heavy (non-hydrogen) atoms. The molecule has 0 aromatic heterocycles. The van der Waals surface area contributed by atoms with Crippen molar-refractivity contribution in [2.45, 2.75) is 38.8 Å². The molecule has 0 spiro atoms. The topological polar surface area (TPSA) is 94.4 Å². The summed E-state index contributed by atoms with van der Waals surface area (Å²) in [6.07, 6.45) is 0. The van der Waals surface area contributed by atoms with Crippen molar-refractivity contribution < 1.29 is 14.4 Å². The molecule has 0 unspecified atom stereocenters. The van der Waals surface area contributed by atoms with Crippen molar-refractivity contribution in [3.63, 3.8) is 0 Å². The number of nitrogens with zero attached hydrogens (tertiary/aromatic N) is 4. The average molecular weight is 405 g/mol. The van der Waals surface area contributed by atoms with Gasteiger partial charge in [-0.1, -0.05) is 48.9 Å². The van der Waals surface area contributed by atoms with Crippen LogP contribution in [-0.2, 0) is 14.4 Å². The largest absolute Gasteiger partial charge is 0.324 e. The summed E-state index contributed by atoms with van der Waals surface area (Å²) in [7, 11) is 0. The summed E-state index contributed by atoms with van der Waals surface area (Å²) in [4.78, 5) is 39.4. The Morgan fingerprint density at radius 2 is 1.70 bits per heavy atom. The smallest absolute Gasteiger partial charge is 0.263 e. The van der Waals surface area contributed by atoms with E-state index in [4.69, 9.17) is 0 Å². The fourth-order valence-electron chi connectivity index (χ4n) is 3.60. The van der Waals surface area contributed by atoms with Gasteiger partial charge in [0.25, 0.3) is 11.8 Å². The predicted octanol–water partition coefficient (Wildman–Crippen LogP) is 3.05. The standard InChI is InChI=1S/C22H23N5O3/c1-13(2)15-6-10-17(11-7-15)27-21(29)19-20(22(27)30)26(25-24-19)12-18(28)23-16-8-4-14(3)5-9-16/h4-11,13,19-20H,12H2,1-3H3,(H,23,28)/t19-,20-/m1/s1. The van der Waals surface area contributed by atoms with Crippen LogP contribution in [0.2, 0.25) is 0 Å². The number of carbonyl (C=O) groups is 3.